The van der Waals surface area contributed by atoms with Crippen LogP contribution < -0.4 is 4.90 Å². The van der Waals surface area contributed by atoms with E-state index in [4.69, 9.17) is 4.98 Å². The van der Waals surface area contributed by atoms with Crippen molar-refractivity contribution in [2.75, 3.05) is 31.1 Å². The van der Waals surface area contributed by atoms with Gasteiger partial charge < -0.3 is 9.80 Å². The Labute approximate surface area is 170 Å². The van der Waals surface area contributed by atoms with E-state index < -0.39 is 0 Å². The SMILES string of the molecule is Cc1ccc2nc3c(c(C(=O)N4CCN(c5ncccn5)CC4)c2c1)CCCC3. The van der Waals surface area contributed by atoms with E-state index in [1.807, 2.05) is 11.0 Å². The second-order valence-corrected chi connectivity index (χ2v) is 7.97. The Kier molecular flexibility index (Phi) is 4.62. The molecule has 2 aliphatic rings. The maximum Gasteiger partial charge on any atom is 0.255 e. The number of hydrogen-bond donors (Lipinski definition) is 0. The first-order chi connectivity index (χ1) is 14.2. The molecule has 0 unspecified atom stereocenters. The van der Waals surface area contributed by atoms with Crippen LogP contribution in [0.2, 0.25) is 0 Å². The van der Waals surface area contributed by atoms with E-state index in [0.717, 1.165) is 72.4 Å². The summed E-state index contributed by atoms with van der Waals surface area (Å²) in [5, 5.41) is 1.00. The molecule has 0 radical (unpaired) electrons. The lowest BCUT2D eigenvalue weighted by Crippen LogP contribution is -2.49. The number of anilines is 1. The molecule has 1 aliphatic heterocycles. The van der Waals surface area contributed by atoms with Gasteiger partial charge in [0.15, 0.2) is 0 Å². The Morgan fingerprint density at radius 2 is 1.76 bits per heavy atom. The van der Waals surface area contributed by atoms with Crippen LogP contribution in [0.5, 0.6) is 0 Å². The second kappa shape index (κ2) is 7.43. The summed E-state index contributed by atoms with van der Waals surface area (Å²) in [7, 11) is 0. The van der Waals surface area contributed by atoms with Gasteiger partial charge in [-0.3, -0.25) is 9.78 Å². The van der Waals surface area contributed by atoms with Gasteiger partial charge in [0.1, 0.15) is 0 Å². The monoisotopic (exact) mass is 387 g/mol. The third-order valence-corrected chi connectivity index (χ3v) is 6.03. The molecular weight excluding hydrogens is 362 g/mol. The van der Waals surface area contributed by atoms with E-state index in [1.54, 1.807) is 12.4 Å². The summed E-state index contributed by atoms with van der Waals surface area (Å²) in [5.41, 5.74) is 5.28. The minimum Gasteiger partial charge on any atom is -0.337 e. The van der Waals surface area contributed by atoms with Crippen LogP contribution in [-0.4, -0.2) is 51.9 Å². The fraction of sp³-hybridized carbons (Fsp3) is 0.391. The van der Waals surface area contributed by atoms with Crippen LogP contribution in [0.15, 0.2) is 36.7 Å². The van der Waals surface area contributed by atoms with Crippen LogP contribution in [0.25, 0.3) is 10.9 Å². The predicted molar refractivity (Wildman–Crippen MR) is 113 cm³/mol. The van der Waals surface area contributed by atoms with Gasteiger partial charge in [-0.15, -0.1) is 0 Å². The molecule has 1 fully saturated rings. The maximum atomic E-state index is 13.7. The molecule has 5 rings (SSSR count). The predicted octanol–water partition coefficient (Wildman–Crippen LogP) is 3.17. The number of aromatic nitrogens is 3. The van der Waals surface area contributed by atoms with E-state index >= 15 is 0 Å². The number of pyridine rings is 1. The number of benzene rings is 1. The number of carbonyl (C=O) groups is 1. The molecule has 3 aromatic rings. The van der Waals surface area contributed by atoms with Crippen molar-refractivity contribution in [1.29, 1.82) is 0 Å². The smallest absolute Gasteiger partial charge is 0.255 e. The van der Waals surface area contributed by atoms with Crippen molar-refractivity contribution in [3.63, 3.8) is 0 Å². The van der Waals surface area contributed by atoms with E-state index in [2.05, 4.69) is 40.0 Å². The molecule has 0 bridgehead atoms. The minimum absolute atomic E-state index is 0.148. The lowest BCUT2D eigenvalue weighted by atomic mass is 9.89. The highest BCUT2D eigenvalue weighted by atomic mass is 16.2. The van der Waals surface area contributed by atoms with Crippen LogP contribution in [-0.2, 0) is 12.8 Å². The highest BCUT2D eigenvalue weighted by Gasteiger charge is 2.28. The molecule has 1 amide bonds. The molecule has 1 saturated heterocycles. The van der Waals surface area contributed by atoms with Crippen molar-refractivity contribution in [3.05, 3.63) is 59.0 Å². The van der Waals surface area contributed by atoms with E-state index in [9.17, 15) is 4.79 Å². The van der Waals surface area contributed by atoms with Gasteiger partial charge in [-0.2, -0.15) is 0 Å². The summed E-state index contributed by atoms with van der Waals surface area (Å²) in [6.07, 6.45) is 7.73. The summed E-state index contributed by atoms with van der Waals surface area (Å²) in [5.74, 6) is 0.886. The first kappa shape index (κ1) is 18.0. The largest absolute Gasteiger partial charge is 0.337 e. The van der Waals surface area contributed by atoms with Crippen LogP contribution >= 0.6 is 0 Å². The Balaban J connectivity index is 1.47. The highest BCUT2D eigenvalue weighted by molar-refractivity contribution is 6.08. The molecule has 1 aromatic carbocycles. The molecule has 0 saturated carbocycles. The summed E-state index contributed by atoms with van der Waals surface area (Å²) in [6.45, 7) is 4.94. The summed E-state index contributed by atoms with van der Waals surface area (Å²) >= 11 is 0. The molecule has 0 atom stereocenters. The van der Waals surface area contributed by atoms with Gasteiger partial charge in [0.2, 0.25) is 5.95 Å². The molecule has 0 N–H and O–H groups in total. The molecule has 1 aliphatic carbocycles. The molecule has 2 aromatic heterocycles. The summed E-state index contributed by atoms with van der Waals surface area (Å²) < 4.78 is 0. The number of aryl methyl sites for hydroxylation is 2. The van der Waals surface area contributed by atoms with Crippen LogP contribution in [0.1, 0.15) is 40.0 Å². The molecule has 6 heteroatoms. The Bertz CT molecular complexity index is 1060. The Morgan fingerprint density at radius 3 is 2.55 bits per heavy atom. The first-order valence-electron chi connectivity index (χ1n) is 10.4. The zero-order valence-electron chi connectivity index (χ0n) is 16.8. The number of rotatable bonds is 2. The van der Waals surface area contributed by atoms with Crippen LogP contribution in [0, 0.1) is 6.92 Å². The second-order valence-electron chi connectivity index (χ2n) is 7.97. The number of carbonyl (C=O) groups excluding carboxylic acids is 1. The zero-order valence-corrected chi connectivity index (χ0v) is 16.8. The van der Waals surface area contributed by atoms with E-state index in [0.29, 0.717) is 13.1 Å². The Hall–Kier alpha value is -3.02. The topological polar surface area (TPSA) is 62.2 Å². The summed E-state index contributed by atoms with van der Waals surface area (Å²) in [4.78, 5) is 31.4. The average Bonchev–Trinajstić information content (AvgIpc) is 2.78. The number of hydrogen-bond acceptors (Lipinski definition) is 5. The quantitative estimate of drug-likeness (QED) is 0.676. The van der Waals surface area contributed by atoms with Crippen molar-refractivity contribution >= 4 is 22.8 Å². The van der Waals surface area contributed by atoms with Gasteiger partial charge in [0, 0.05) is 49.7 Å². The van der Waals surface area contributed by atoms with Crippen molar-refractivity contribution in [1.82, 2.24) is 19.9 Å². The van der Waals surface area contributed by atoms with E-state index in [-0.39, 0.29) is 5.91 Å². The van der Waals surface area contributed by atoms with Gasteiger partial charge in [-0.25, -0.2) is 9.97 Å². The first-order valence-corrected chi connectivity index (χ1v) is 10.4. The van der Waals surface area contributed by atoms with E-state index in [1.165, 1.54) is 5.56 Å². The van der Waals surface area contributed by atoms with Crippen molar-refractivity contribution in [2.45, 2.75) is 32.6 Å². The fourth-order valence-electron chi connectivity index (χ4n) is 4.50. The number of amides is 1. The highest BCUT2D eigenvalue weighted by Crippen LogP contribution is 2.31. The van der Waals surface area contributed by atoms with Gasteiger partial charge in [0.05, 0.1) is 11.1 Å². The Morgan fingerprint density at radius 1 is 1.00 bits per heavy atom. The molecule has 6 nitrogen and oxygen atoms in total. The van der Waals surface area contributed by atoms with Gasteiger partial charge in [-0.1, -0.05) is 11.6 Å². The third-order valence-electron chi connectivity index (χ3n) is 6.03. The van der Waals surface area contributed by atoms with Crippen molar-refractivity contribution in [3.8, 4) is 0 Å². The normalized spacial score (nSPS) is 16.7. The molecule has 3 heterocycles. The minimum atomic E-state index is 0.148. The van der Waals surface area contributed by atoms with Crippen molar-refractivity contribution in [2.24, 2.45) is 0 Å². The number of fused-ring (bicyclic) bond motifs is 2. The van der Waals surface area contributed by atoms with Gasteiger partial charge in [0.25, 0.3) is 5.91 Å². The molecule has 29 heavy (non-hydrogen) atoms. The van der Waals surface area contributed by atoms with Crippen molar-refractivity contribution < 1.29 is 4.79 Å². The zero-order chi connectivity index (χ0) is 19.8. The van der Waals surface area contributed by atoms with Crippen LogP contribution in [0.4, 0.5) is 5.95 Å². The lowest BCUT2D eigenvalue weighted by molar-refractivity contribution is 0.0746. The lowest BCUT2D eigenvalue weighted by Gasteiger charge is -2.35. The van der Waals surface area contributed by atoms with Crippen LogP contribution in [0.3, 0.4) is 0 Å². The molecule has 0 spiro atoms. The number of piperazine rings is 1. The molecular formula is C23H25N5O. The maximum absolute atomic E-state index is 13.7. The van der Waals surface area contributed by atoms with Gasteiger partial charge in [-0.05, 0) is 56.4 Å². The molecule has 148 valence electrons. The fourth-order valence-corrected chi connectivity index (χ4v) is 4.50. The van der Waals surface area contributed by atoms with Gasteiger partial charge >= 0.3 is 0 Å². The third kappa shape index (κ3) is 3.33. The standard InChI is InChI=1S/C23H25N5O/c1-16-7-8-20-18(15-16)21(17-5-2-3-6-19(17)26-20)22(29)27-11-13-28(14-12-27)23-24-9-4-10-25-23/h4,7-10,15H,2-3,5-6,11-14H2,1H3. The summed E-state index contributed by atoms with van der Waals surface area (Å²) in [6, 6.07) is 8.08. The average molecular weight is 387 g/mol. The number of nitrogens with zero attached hydrogens (tertiary/aromatic N) is 5.